The SMILES string of the molecule is COc1ccc(COC(=O)C2=C(/C=C/c3ccc(C[n+]4ccccc4)cc3)CSC3C(CC(=O)Cc4ccccc4)C(=O)N23)cc1. The second-order valence-electron chi connectivity index (χ2n) is 11.3. The van der Waals surface area contributed by atoms with Crippen molar-refractivity contribution in [3.63, 3.8) is 0 Å². The number of benzene rings is 3. The van der Waals surface area contributed by atoms with Crippen LogP contribution in [-0.4, -0.2) is 40.8 Å². The Bertz CT molecular complexity index is 1750. The van der Waals surface area contributed by atoms with Crippen molar-refractivity contribution in [2.24, 2.45) is 5.92 Å². The number of methoxy groups -OCH3 is 1. The first-order valence-electron chi connectivity index (χ1n) is 15.2. The summed E-state index contributed by atoms with van der Waals surface area (Å²) in [5, 5.41) is -0.289. The maximum atomic E-state index is 13.6. The van der Waals surface area contributed by atoms with Gasteiger partial charge in [-0.1, -0.05) is 84.9 Å². The molecule has 1 amide bonds. The standard InChI is InChI=1S/C38H35N2O5S/c1-44-33-18-15-30(16-19-33)25-45-38(43)35-31(17-14-27-10-12-29(13-11-27)24-39-20-6-3-7-21-39)26-46-37-34(36(42)40(35)37)23-32(41)22-28-8-4-2-5-9-28/h2-21,34,37H,22-26H2,1H3/q+1/b17-14+. The summed E-state index contributed by atoms with van der Waals surface area (Å²) in [5.74, 6) is -0.00184. The van der Waals surface area contributed by atoms with Gasteiger partial charge < -0.3 is 9.47 Å². The number of nitrogens with zero attached hydrogens (tertiary/aromatic N) is 2. The van der Waals surface area contributed by atoms with Gasteiger partial charge in [-0.3, -0.25) is 14.5 Å². The molecular weight excluding hydrogens is 596 g/mol. The van der Waals surface area contributed by atoms with Crippen molar-refractivity contribution in [1.82, 2.24) is 4.90 Å². The molecule has 0 N–H and O–H groups in total. The number of hydrogen-bond acceptors (Lipinski definition) is 6. The first-order chi connectivity index (χ1) is 22.5. The molecule has 0 radical (unpaired) electrons. The third kappa shape index (κ3) is 7.29. The second-order valence-corrected chi connectivity index (χ2v) is 12.4. The van der Waals surface area contributed by atoms with Crippen LogP contribution in [0.5, 0.6) is 5.75 Å². The zero-order chi connectivity index (χ0) is 31.9. The van der Waals surface area contributed by atoms with E-state index in [0.29, 0.717) is 17.1 Å². The number of fused-ring (bicyclic) bond motifs is 1. The molecule has 46 heavy (non-hydrogen) atoms. The number of carbonyl (C=O) groups is 3. The normalized spacial score (nSPS) is 17.4. The molecular formula is C38H35N2O5S+. The van der Waals surface area contributed by atoms with Crippen LogP contribution in [0.1, 0.15) is 28.7 Å². The summed E-state index contributed by atoms with van der Waals surface area (Å²) < 4.78 is 13.1. The smallest absolute Gasteiger partial charge is 0.355 e. The highest BCUT2D eigenvalue weighted by Crippen LogP contribution is 2.46. The Morgan fingerprint density at radius 2 is 1.57 bits per heavy atom. The van der Waals surface area contributed by atoms with Gasteiger partial charge in [-0.05, 0) is 34.4 Å². The minimum atomic E-state index is -0.557. The van der Waals surface area contributed by atoms with E-state index in [-0.39, 0.29) is 42.2 Å². The Morgan fingerprint density at radius 3 is 2.28 bits per heavy atom. The molecule has 232 valence electrons. The molecule has 1 fully saturated rings. The third-order valence-electron chi connectivity index (χ3n) is 8.12. The molecule has 0 bridgehead atoms. The van der Waals surface area contributed by atoms with Crippen molar-refractivity contribution in [3.05, 3.63) is 149 Å². The lowest BCUT2D eigenvalue weighted by Gasteiger charge is -2.49. The Kier molecular flexibility index (Phi) is 9.74. The lowest BCUT2D eigenvalue weighted by atomic mass is 9.89. The Hall–Kier alpha value is -4.95. The van der Waals surface area contributed by atoms with Gasteiger partial charge in [-0.15, -0.1) is 11.8 Å². The molecule has 1 aromatic heterocycles. The van der Waals surface area contributed by atoms with E-state index < -0.39 is 11.9 Å². The lowest BCUT2D eigenvalue weighted by molar-refractivity contribution is -0.688. The Labute approximate surface area is 273 Å². The summed E-state index contributed by atoms with van der Waals surface area (Å²) in [6, 6.07) is 31.1. The fourth-order valence-corrected chi connectivity index (χ4v) is 7.04. The third-order valence-corrected chi connectivity index (χ3v) is 9.48. The summed E-state index contributed by atoms with van der Waals surface area (Å²) in [6.07, 6.45) is 8.35. The predicted molar refractivity (Wildman–Crippen MR) is 177 cm³/mol. The fourth-order valence-electron chi connectivity index (χ4n) is 5.66. The molecule has 0 spiro atoms. The van der Waals surface area contributed by atoms with E-state index in [1.54, 1.807) is 18.9 Å². The number of thioether (sulfide) groups is 1. The van der Waals surface area contributed by atoms with Crippen LogP contribution in [0.4, 0.5) is 0 Å². The number of hydrogen-bond donors (Lipinski definition) is 0. The van der Waals surface area contributed by atoms with Crippen LogP contribution in [0.2, 0.25) is 0 Å². The Balaban J connectivity index is 1.19. The number of Topliss-reactive ketones (excluding diaryl/α,β-unsaturated/α-hetero) is 1. The molecule has 4 aromatic rings. The van der Waals surface area contributed by atoms with E-state index in [1.165, 1.54) is 10.5 Å². The number of carbonyl (C=O) groups excluding carboxylic acids is 3. The molecule has 2 aliphatic rings. The van der Waals surface area contributed by atoms with Gasteiger partial charge in [-0.25, -0.2) is 9.36 Å². The van der Waals surface area contributed by atoms with E-state index in [4.69, 9.17) is 9.47 Å². The van der Waals surface area contributed by atoms with E-state index in [2.05, 4.69) is 16.7 Å². The van der Waals surface area contributed by atoms with Gasteiger partial charge in [0.15, 0.2) is 18.9 Å². The molecule has 2 aliphatic heterocycles. The number of pyridine rings is 1. The van der Waals surface area contributed by atoms with Crippen molar-refractivity contribution in [3.8, 4) is 5.75 Å². The number of esters is 1. The molecule has 6 rings (SSSR count). The minimum Gasteiger partial charge on any atom is -0.497 e. The molecule has 8 heteroatoms. The Morgan fingerprint density at radius 1 is 0.870 bits per heavy atom. The van der Waals surface area contributed by atoms with E-state index >= 15 is 0 Å². The molecule has 3 heterocycles. The van der Waals surface area contributed by atoms with Crippen molar-refractivity contribution in [1.29, 1.82) is 0 Å². The van der Waals surface area contributed by atoms with E-state index in [9.17, 15) is 14.4 Å². The lowest BCUT2D eigenvalue weighted by Crippen LogP contribution is -2.61. The molecule has 0 aliphatic carbocycles. The van der Waals surface area contributed by atoms with Crippen molar-refractivity contribution < 1.29 is 28.4 Å². The molecule has 2 atom stereocenters. The van der Waals surface area contributed by atoms with Crippen LogP contribution in [0.15, 0.2) is 127 Å². The molecule has 0 saturated carbocycles. The summed E-state index contributed by atoms with van der Waals surface area (Å²) in [6.45, 7) is 0.827. The predicted octanol–water partition coefficient (Wildman–Crippen LogP) is 5.77. The quantitative estimate of drug-likeness (QED) is 0.112. The first-order valence-corrected chi connectivity index (χ1v) is 16.3. The number of ether oxygens (including phenoxy) is 2. The van der Waals surface area contributed by atoms with Crippen molar-refractivity contribution in [2.45, 2.75) is 31.4 Å². The van der Waals surface area contributed by atoms with Crippen LogP contribution in [0.3, 0.4) is 0 Å². The van der Waals surface area contributed by atoms with Crippen LogP contribution in [-0.2, 0) is 38.7 Å². The summed E-state index contributed by atoms with van der Waals surface area (Å²) in [4.78, 5) is 41.6. The zero-order valence-corrected chi connectivity index (χ0v) is 26.4. The average molecular weight is 632 g/mol. The van der Waals surface area contributed by atoms with Gasteiger partial charge in [0.2, 0.25) is 5.91 Å². The maximum absolute atomic E-state index is 13.6. The highest BCUT2D eigenvalue weighted by atomic mass is 32.2. The summed E-state index contributed by atoms with van der Waals surface area (Å²) >= 11 is 1.58. The van der Waals surface area contributed by atoms with Crippen molar-refractivity contribution in [2.75, 3.05) is 12.9 Å². The van der Waals surface area contributed by atoms with Gasteiger partial charge in [0.05, 0.1) is 18.4 Å². The highest BCUT2D eigenvalue weighted by molar-refractivity contribution is 8.00. The molecule has 2 unspecified atom stereocenters. The van der Waals surface area contributed by atoms with Gasteiger partial charge in [0.1, 0.15) is 23.8 Å². The number of β-lactam (4-membered cyclic amide) rings is 1. The van der Waals surface area contributed by atoms with Crippen LogP contribution < -0.4 is 9.30 Å². The maximum Gasteiger partial charge on any atom is 0.355 e. The largest absolute Gasteiger partial charge is 0.497 e. The van der Waals surface area contributed by atoms with Crippen LogP contribution in [0, 0.1) is 5.92 Å². The number of amides is 1. The molecule has 7 nitrogen and oxygen atoms in total. The van der Waals surface area contributed by atoms with E-state index in [1.807, 2.05) is 109 Å². The number of ketones is 1. The second kappa shape index (κ2) is 14.4. The summed E-state index contributed by atoms with van der Waals surface area (Å²) in [7, 11) is 1.60. The molecule has 1 saturated heterocycles. The monoisotopic (exact) mass is 631 g/mol. The van der Waals surface area contributed by atoms with Gasteiger partial charge in [0.25, 0.3) is 0 Å². The van der Waals surface area contributed by atoms with Crippen LogP contribution >= 0.6 is 11.8 Å². The number of allylic oxidation sites excluding steroid dienone is 1. The van der Waals surface area contributed by atoms with Crippen molar-refractivity contribution >= 4 is 35.5 Å². The van der Waals surface area contributed by atoms with Gasteiger partial charge in [0, 0.05) is 36.3 Å². The topological polar surface area (TPSA) is 76.8 Å². The van der Waals surface area contributed by atoms with E-state index in [0.717, 1.165) is 23.2 Å². The summed E-state index contributed by atoms with van der Waals surface area (Å²) in [5.41, 5.74) is 4.85. The first kappa shape index (κ1) is 31.0. The van der Waals surface area contributed by atoms with Gasteiger partial charge >= 0.3 is 5.97 Å². The minimum absolute atomic E-state index is 0.0113. The fraction of sp³-hybridized carbons (Fsp3) is 0.211. The zero-order valence-electron chi connectivity index (χ0n) is 25.6. The average Bonchev–Trinajstić information content (AvgIpc) is 3.10. The molecule has 3 aromatic carbocycles. The number of rotatable bonds is 12. The van der Waals surface area contributed by atoms with Gasteiger partial charge in [-0.2, -0.15) is 0 Å². The van der Waals surface area contributed by atoms with Crippen LogP contribution in [0.25, 0.3) is 6.08 Å². The highest BCUT2D eigenvalue weighted by Gasteiger charge is 2.53. The number of aromatic nitrogens is 1.